The number of nitrogens with zero attached hydrogens (tertiary/aromatic N) is 5. The van der Waals surface area contributed by atoms with Crippen LogP contribution in [-0.2, 0) is 72.7 Å². The molecule has 5 aliphatic heterocycles. The fourth-order valence-corrected chi connectivity index (χ4v) is 25.1. The molecule has 0 saturated carbocycles. The summed E-state index contributed by atoms with van der Waals surface area (Å²) in [6.45, 7) is 52.4. The van der Waals surface area contributed by atoms with Gasteiger partial charge in [-0.1, -0.05) is 317 Å². The van der Waals surface area contributed by atoms with Gasteiger partial charge in [0.2, 0.25) is 0 Å². The normalized spacial score (nSPS) is 15.8. The Morgan fingerprint density at radius 2 is 0.529 bits per heavy atom. The number of likely N-dealkylation sites (tertiary alicyclic amines) is 5. The van der Waals surface area contributed by atoms with Crippen LogP contribution in [0.5, 0.6) is 28.7 Å². The highest BCUT2D eigenvalue weighted by Crippen LogP contribution is 2.40. The van der Waals surface area contributed by atoms with Crippen LogP contribution in [0.3, 0.4) is 0 Å². The van der Waals surface area contributed by atoms with Crippen LogP contribution in [0.4, 0.5) is 0 Å². The molecule has 0 spiro atoms. The fourth-order valence-electron chi connectivity index (χ4n) is 18.5. The first-order valence-corrected chi connectivity index (χ1v) is 55.7. The molecular weight excluding hydrogens is 1800 g/mol. The summed E-state index contributed by atoms with van der Waals surface area (Å²) < 4.78 is 55.5. The van der Waals surface area contributed by atoms with E-state index in [1.165, 1.54) is 287 Å². The maximum atomic E-state index is 6.25. The third-order valence-electron chi connectivity index (χ3n) is 26.1. The van der Waals surface area contributed by atoms with E-state index in [9.17, 15) is 0 Å². The number of para-hydroxylation sites is 2. The van der Waals surface area contributed by atoms with Gasteiger partial charge in [-0.3, -0.25) is 24.5 Å². The van der Waals surface area contributed by atoms with Gasteiger partial charge in [-0.05, 0) is 294 Å². The summed E-state index contributed by atoms with van der Waals surface area (Å²) in [6, 6.07) is 69.0. The third-order valence-corrected chi connectivity index (χ3v) is 33.2. The number of piperidine rings is 5. The topological polar surface area (TPSA) is 109 Å². The number of methoxy groups -OCH3 is 5. The number of hydrogen-bond acceptors (Lipinski definition) is 15. The van der Waals surface area contributed by atoms with Gasteiger partial charge in [0.25, 0.3) is 0 Å². The van der Waals surface area contributed by atoms with E-state index >= 15 is 0 Å². The first-order chi connectivity index (χ1) is 66.6. The summed E-state index contributed by atoms with van der Waals surface area (Å²) in [4.78, 5) is 13.0. The number of hydrogen-bond donors (Lipinski definition) is 0. The van der Waals surface area contributed by atoms with Gasteiger partial charge in [0, 0.05) is 100 Å². The Balaban J connectivity index is 0.000000166. The van der Waals surface area contributed by atoms with Gasteiger partial charge < -0.3 is 47.4 Å². The van der Waals surface area contributed by atoms with Crippen LogP contribution >= 0.6 is 42.9 Å². The van der Waals surface area contributed by atoms with Gasteiger partial charge in [0.05, 0.1) is 0 Å². The molecule has 5 atom stereocenters. The minimum Gasteiger partial charge on any atom is -0.467 e. The molecule has 5 saturated heterocycles. The van der Waals surface area contributed by atoms with Gasteiger partial charge in [-0.15, -0.1) is 0 Å². The highest BCUT2D eigenvalue weighted by atomic mass is 31.1. The summed E-state index contributed by atoms with van der Waals surface area (Å²) in [7, 11) is 11.2. The van der Waals surface area contributed by atoms with Crippen molar-refractivity contribution in [3.8, 4) is 28.7 Å². The van der Waals surface area contributed by atoms with Crippen LogP contribution in [0, 0.1) is 41.5 Å². The SMILES string of the molecule is COCOc1c(C)cc(C(C)(C)C)cc1Pc1ccccc1CN1CCCCC1.COCOc1c(C)cccc1Pc1ccc(C)cc1CN1CCCCC1.COCOc1c(Pc2ccccc2CN2CCCCC2)cc(C(C)(C)C)cc1C(C)(C)C.COCOc1ccc(C)cc1Pc1ccc(C)cc1CN1CCCCC1.COCOc1ccccc1Pc1ccc(C)cc1CN1CCCCC1. The Hall–Kier alpha value is -7.05. The van der Waals surface area contributed by atoms with Gasteiger partial charge in [0.15, 0.2) is 34.0 Å². The van der Waals surface area contributed by atoms with Crippen LogP contribution in [0.25, 0.3) is 0 Å². The Morgan fingerprint density at radius 1 is 0.232 bits per heavy atom. The minimum atomic E-state index is -0.0170. The molecule has 0 amide bonds. The zero-order valence-corrected chi connectivity index (χ0v) is 92.5. The summed E-state index contributed by atoms with van der Waals surface area (Å²) in [6.07, 6.45) is 20.2. The zero-order valence-electron chi connectivity index (χ0n) is 87.5. The van der Waals surface area contributed by atoms with Crippen molar-refractivity contribution in [1.82, 2.24) is 24.5 Å². The van der Waals surface area contributed by atoms with Crippen LogP contribution in [-0.4, -0.2) is 159 Å². The number of benzene rings is 10. The summed E-state index contributed by atoms with van der Waals surface area (Å²) in [5, 5.41) is 13.4. The second-order valence-corrected chi connectivity index (χ2v) is 47.8. The zero-order chi connectivity index (χ0) is 98.4. The molecule has 5 heterocycles. The van der Waals surface area contributed by atoms with E-state index in [0.717, 1.165) is 67.0 Å². The van der Waals surface area contributed by atoms with Crippen molar-refractivity contribution in [2.75, 3.05) is 135 Å². The summed E-state index contributed by atoms with van der Waals surface area (Å²) in [5.74, 6) is 4.80. The van der Waals surface area contributed by atoms with Crippen molar-refractivity contribution in [1.29, 1.82) is 0 Å². The van der Waals surface area contributed by atoms with Gasteiger partial charge in [-0.2, -0.15) is 0 Å². The van der Waals surface area contributed by atoms with Crippen LogP contribution < -0.4 is 76.7 Å². The van der Waals surface area contributed by atoms with Crippen LogP contribution in [0.1, 0.15) is 237 Å². The van der Waals surface area contributed by atoms with E-state index in [4.69, 9.17) is 47.4 Å². The molecule has 10 aromatic rings. The monoisotopic (exact) mass is 1970 g/mol. The molecule has 0 N–H and O–H groups in total. The van der Waals surface area contributed by atoms with Crippen molar-refractivity contribution in [2.45, 2.75) is 249 Å². The van der Waals surface area contributed by atoms with Crippen molar-refractivity contribution in [2.24, 2.45) is 0 Å². The molecule has 5 unspecified atom stereocenters. The average molecular weight is 1970 g/mol. The molecule has 15 nitrogen and oxygen atoms in total. The molecule has 5 aliphatic rings. The van der Waals surface area contributed by atoms with E-state index in [1.807, 2.05) is 12.1 Å². The van der Waals surface area contributed by atoms with Crippen molar-refractivity contribution in [3.63, 3.8) is 0 Å². The van der Waals surface area contributed by atoms with E-state index in [-0.39, 0.29) is 50.2 Å². The first kappa shape index (κ1) is 111. The summed E-state index contributed by atoms with van der Waals surface area (Å²) >= 11 is 0. The van der Waals surface area contributed by atoms with Crippen molar-refractivity contribution < 1.29 is 47.4 Å². The molecule has 0 aliphatic carbocycles. The molecular formula is C118H166N5O10P5. The van der Waals surface area contributed by atoms with Crippen LogP contribution in [0.2, 0.25) is 0 Å². The molecule has 10 aromatic carbocycles. The quantitative estimate of drug-likeness (QED) is 0.0278. The van der Waals surface area contributed by atoms with Gasteiger partial charge in [0.1, 0.15) is 28.7 Å². The maximum Gasteiger partial charge on any atom is 0.188 e. The van der Waals surface area contributed by atoms with Gasteiger partial charge >= 0.3 is 0 Å². The van der Waals surface area contributed by atoms with E-state index in [0.29, 0.717) is 42.9 Å². The smallest absolute Gasteiger partial charge is 0.188 e. The summed E-state index contributed by atoms with van der Waals surface area (Å²) in [5.41, 5.74) is 19.1. The molecule has 748 valence electrons. The lowest BCUT2D eigenvalue weighted by Crippen LogP contribution is -2.31. The molecule has 20 heteroatoms. The van der Waals surface area contributed by atoms with E-state index in [1.54, 1.807) is 35.5 Å². The molecule has 0 radical (unpaired) electrons. The van der Waals surface area contributed by atoms with Crippen molar-refractivity contribution in [3.05, 3.63) is 266 Å². The minimum absolute atomic E-state index is 0.0170. The van der Waals surface area contributed by atoms with Crippen LogP contribution in [0.15, 0.2) is 188 Å². The Labute approximate surface area is 841 Å². The Kier molecular flexibility index (Phi) is 46.3. The molecule has 0 bridgehead atoms. The van der Waals surface area contributed by atoms with E-state index in [2.05, 4.69) is 304 Å². The molecule has 15 rings (SSSR count). The number of ether oxygens (including phenoxy) is 10. The molecule has 5 fully saturated rings. The number of aryl methyl sites for hydroxylation is 6. The lowest BCUT2D eigenvalue weighted by atomic mass is 9.80. The lowest BCUT2D eigenvalue weighted by Gasteiger charge is -2.30. The molecule has 138 heavy (non-hydrogen) atoms. The largest absolute Gasteiger partial charge is 0.467 e. The Morgan fingerprint density at radius 3 is 0.928 bits per heavy atom. The standard InChI is InChI=1S/C28H42NO2P.C25H36NO2P.2C22H30NO2P.C21H28NO2P/c1-27(2,3)22-17-23(28(4,5)6)26(31-20-30-7)25(18-22)32-24-14-10-9-13-21(24)19-29-15-11-8-12-16-29;1-19-15-21(25(2,3)4)16-23(24(19)28-18-27-5)29-22-12-8-7-11-20(22)17-26-13-9-6-10-14-26;1-17-8-10-21(19(13-17)15-23-11-5-4-6-12-23)26-22-14-18(2)7-9-20(22)25-16-24-3;1-17-10-11-20(19(14-17)15-23-12-5-4-6-13-23)26-21-9-7-8-18(2)22(21)25-16-24-3;1-17-10-11-20(18(14-17)15-22-12-6-3-7-13-22)25-21-9-5-4-8-19(21)24-16-23-2/h9-10,13-14,17-18,32H,8,11-12,15-16,19-20H2,1-7H3;7-8,11-12,15-16,29H,6,9-10,13-14,17-18H2,1-5H3;7-10,13-14,26H,4-6,11-12,15-16H2,1-3H3;7-11,14,26H,4-6,12-13,15-16H2,1-3H3;4-5,8-11,14,25H,3,6-7,12-13,15-16H2,1-2H3. The van der Waals surface area contributed by atoms with Crippen molar-refractivity contribution >= 4 is 95.9 Å². The first-order valence-electron chi connectivity index (χ1n) is 50.7. The highest BCUT2D eigenvalue weighted by molar-refractivity contribution is 7.57. The predicted octanol–water partition coefficient (Wildman–Crippen LogP) is 22.2. The van der Waals surface area contributed by atoms with E-state index < -0.39 is 0 Å². The van der Waals surface area contributed by atoms with Gasteiger partial charge in [-0.25, -0.2) is 0 Å². The predicted molar refractivity (Wildman–Crippen MR) is 595 cm³/mol. The molecule has 0 aromatic heterocycles. The average Bonchev–Trinajstić information content (AvgIpc) is 0.761. The maximum absolute atomic E-state index is 6.25. The number of rotatable bonds is 35. The fraction of sp³-hybridized carbons (Fsp3) is 0.492. The Bertz CT molecular complexity index is 5280. The second-order valence-electron chi connectivity index (χ2n) is 41.1. The second kappa shape index (κ2) is 57.4. The lowest BCUT2D eigenvalue weighted by molar-refractivity contribution is 0.0505. The third kappa shape index (κ3) is 36.1. The highest BCUT2D eigenvalue weighted by Gasteiger charge is 2.29.